The lowest BCUT2D eigenvalue weighted by Crippen LogP contribution is -3.00. The summed E-state index contributed by atoms with van der Waals surface area (Å²) in [7, 11) is 0. The molecule has 3 N–H and O–H groups in total. The average molecular weight is 310 g/mol. The first-order chi connectivity index (χ1) is 8.41. The normalized spacial score (nSPS) is 12.3. The Kier molecular flexibility index (Phi) is 12.2. The fourth-order valence-corrected chi connectivity index (χ4v) is 1.33. The summed E-state index contributed by atoms with van der Waals surface area (Å²) in [5.74, 6) is 0. The van der Waals surface area contributed by atoms with Crippen LogP contribution in [0.25, 0.3) is 6.08 Å². The van der Waals surface area contributed by atoms with Gasteiger partial charge in [0.25, 0.3) is 0 Å². The Morgan fingerprint density at radius 2 is 1.79 bits per heavy atom. The Morgan fingerprint density at radius 1 is 1.26 bits per heavy atom. The molecule has 19 heavy (non-hydrogen) atoms. The summed E-state index contributed by atoms with van der Waals surface area (Å²) in [5.41, 5.74) is 2.64. The molecule has 0 aliphatic carbocycles. The molecule has 6 heteroatoms. The van der Waals surface area contributed by atoms with Crippen LogP contribution in [-0.2, 0) is 0 Å². The van der Waals surface area contributed by atoms with Crippen LogP contribution in [0.5, 0.6) is 0 Å². The summed E-state index contributed by atoms with van der Waals surface area (Å²) >= 11 is 5.36. The predicted molar refractivity (Wildman–Crippen MR) is 72.3 cm³/mol. The first-order valence-electron chi connectivity index (χ1n) is 5.73. The zero-order valence-corrected chi connectivity index (χ0v) is 12.6. The van der Waals surface area contributed by atoms with E-state index in [9.17, 15) is 0 Å². The number of aliphatic hydroxyl groups excluding tert-OH is 1. The first-order valence-corrected chi connectivity index (χ1v) is 6.17. The molecule has 0 spiro atoms. The minimum Gasteiger partial charge on any atom is -1.00 e. The number of quaternary nitrogens is 1. The third kappa shape index (κ3) is 12.2. The van der Waals surface area contributed by atoms with Gasteiger partial charge in [0.1, 0.15) is 12.6 Å². The van der Waals surface area contributed by atoms with Crippen molar-refractivity contribution in [3.05, 3.63) is 41.4 Å². The predicted octanol–water partition coefficient (Wildman–Crippen LogP) is -0.118. The van der Waals surface area contributed by atoms with Crippen LogP contribution in [0, 0.1) is 0 Å². The molecule has 110 valence electrons. The molecule has 0 heterocycles. The Morgan fingerprint density at radius 3 is 2.11 bits per heavy atom. The van der Waals surface area contributed by atoms with Crippen LogP contribution in [0.3, 0.4) is 0 Å². The molecule has 0 aliphatic rings. The number of halogens is 2. The van der Waals surface area contributed by atoms with E-state index < -0.39 is 10.9 Å². The molecule has 0 saturated heterocycles. The minimum atomic E-state index is -1.10. The highest BCUT2D eigenvalue weighted by Gasteiger charge is 2.21. The van der Waals surface area contributed by atoms with Gasteiger partial charge in [-0.25, -0.2) is 0 Å². The van der Waals surface area contributed by atoms with E-state index in [0.29, 0.717) is 0 Å². The highest BCUT2D eigenvalue weighted by Crippen LogP contribution is 2.00. The van der Waals surface area contributed by atoms with E-state index in [0.717, 1.165) is 5.56 Å². The van der Waals surface area contributed by atoms with Gasteiger partial charge in [0.15, 0.2) is 6.54 Å². The maximum atomic E-state index is 8.83. The van der Waals surface area contributed by atoms with Gasteiger partial charge in [0, 0.05) is 5.54 Å². The number of hydrogen-bond donors (Lipinski definition) is 3. The van der Waals surface area contributed by atoms with Crippen LogP contribution in [0.1, 0.15) is 19.4 Å². The molecule has 1 rings (SSSR count). The average Bonchev–Trinajstić information content (AvgIpc) is 2.30. The molecule has 1 aromatic carbocycles. The lowest BCUT2D eigenvalue weighted by atomic mass is 10.2. The summed E-state index contributed by atoms with van der Waals surface area (Å²) in [4.78, 5) is -1.10. The largest absolute Gasteiger partial charge is 1.00 e. The summed E-state index contributed by atoms with van der Waals surface area (Å²) in [5, 5.41) is 26.3. The lowest BCUT2D eigenvalue weighted by molar-refractivity contribution is -1.24. The SMILES string of the molecule is CC[N+](O)(O)CC(C)O.ClC=Cc1ccccc1.[Cl-]. The third-order valence-electron chi connectivity index (χ3n) is 2.12. The summed E-state index contributed by atoms with van der Waals surface area (Å²) in [6.07, 6.45) is 1.17. The summed E-state index contributed by atoms with van der Waals surface area (Å²) < 4.78 is 0. The Balaban J connectivity index is 0. The van der Waals surface area contributed by atoms with Gasteiger partial charge in [-0.1, -0.05) is 41.9 Å². The molecule has 1 aromatic rings. The number of rotatable bonds is 4. The smallest absolute Gasteiger partial charge is 0.167 e. The van der Waals surface area contributed by atoms with Gasteiger partial charge in [-0.3, -0.25) is 0 Å². The molecule has 1 atom stereocenters. The van der Waals surface area contributed by atoms with E-state index >= 15 is 0 Å². The van der Waals surface area contributed by atoms with Crippen molar-refractivity contribution >= 4 is 17.7 Å². The maximum absolute atomic E-state index is 8.83. The van der Waals surface area contributed by atoms with Gasteiger partial charge in [-0.2, -0.15) is 10.4 Å². The lowest BCUT2D eigenvalue weighted by Gasteiger charge is -2.20. The monoisotopic (exact) mass is 309 g/mol. The maximum Gasteiger partial charge on any atom is 0.167 e. The molecule has 0 fully saturated rings. The van der Waals surface area contributed by atoms with Gasteiger partial charge in [0.2, 0.25) is 0 Å². The van der Waals surface area contributed by atoms with E-state index in [-0.39, 0.29) is 25.5 Å². The molecular weight excluding hydrogens is 289 g/mol. The fraction of sp³-hybridized carbons (Fsp3) is 0.385. The van der Waals surface area contributed by atoms with Crippen molar-refractivity contribution < 1.29 is 32.7 Å². The third-order valence-corrected chi connectivity index (χ3v) is 2.24. The number of nitrogens with zero attached hydrogens (tertiary/aromatic N) is 1. The van der Waals surface area contributed by atoms with Crippen LogP contribution in [-0.4, -0.2) is 39.5 Å². The van der Waals surface area contributed by atoms with E-state index in [4.69, 9.17) is 27.1 Å². The van der Waals surface area contributed by atoms with Crippen LogP contribution < -0.4 is 12.4 Å². The Bertz CT molecular complexity index is 343. The van der Waals surface area contributed by atoms with Crippen LogP contribution in [0.15, 0.2) is 35.9 Å². The molecule has 0 amide bonds. The van der Waals surface area contributed by atoms with E-state index in [2.05, 4.69) is 0 Å². The zero-order chi connectivity index (χ0) is 14.0. The van der Waals surface area contributed by atoms with E-state index in [1.54, 1.807) is 6.92 Å². The second kappa shape index (κ2) is 11.2. The molecule has 1 unspecified atom stereocenters. The molecule has 4 nitrogen and oxygen atoms in total. The summed E-state index contributed by atoms with van der Waals surface area (Å²) in [6, 6.07) is 9.93. The Hall–Kier alpha value is -0.620. The zero-order valence-electron chi connectivity index (χ0n) is 11.1. The second-order valence-corrected chi connectivity index (χ2v) is 4.18. The molecule has 0 aromatic heterocycles. The van der Waals surface area contributed by atoms with E-state index in [1.807, 2.05) is 36.4 Å². The van der Waals surface area contributed by atoms with Crippen molar-refractivity contribution in [2.24, 2.45) is 0 Å². The van der Waals surface area contributed by atoms with Crippen molar-refractivity contribution in [3.8, 4) is 0 Å². The number of likely N-dealkylation sites (N-methyl/N-ethyl adjacent to an activating group) is 1. The van der Waals surface area contributed by atoms with Crippen molar-refractivity contribution in [2.45, 2.75) is 20.0 Å². The molecule has 0 saturated carbocycles. The van der Waals surface area contributed by atoms with Crippen molar-refractivity contribution in [2.75, 3.05) is 13.1 Å². The first kappa shape index (κ1) is 20.7. The molecule has 0 aliphatic heterocycles. The number of aliphatic hydroxyl groups is 1. The van der Waals surface area contributed by atoms with Gasteiger partial charge < -0.3 is 17.5 Å². The van der Waals surface area contributed by atoms with Crippen LogP contribution in [0.2, 0.25) is 0 Å². The highest BCUT2D eigenvalue weighted by atomic mass is 35.5. The van der Waals surface area contributed by atoms with Gasteiger partial charge in [-0.05, 0) is 30.3 Å². The van der Waals surface area contributed by atoms with Crippen LogP contribution in [0.4, 0.5) is 0 Å². The number of hydrogen-bond acceptors (Lipinski definition) is 3. The molecular formula is C13H21Cl2NO3. The van der Waals surface area contributed by atoms with Gasteiger partial charge in [0.05, 0.1) is 0 Å². The van der Waals surface area contributed by atoms with Gasteiger partial charge >= 0.3 is 0 Å². The van der Waals surface area contributed by atoms with Crippen LogP contribution >= 0.6 is 11.6 Å². The van der Waals surface area contributed by atoms with Gasteiger partial charge in [-0.15, -0.1) is 0 Å². The molecule has 0 radical (unpaired) electrons. The fourth-order valence-electron chi connectivity index (χ4n) is 1.19. The molecule has 0 bridgehead atoms. The topological polar surface area (TPSA) is 60.7 Å². The van der Waals surface area contributed by atoms with Crippen molar-refractivity contribution in [1.82, 2.24) is 0 Å². The van der Waals surface area contributed by atoms with Crippen molar-refractivity contribution in [1.29, 1.82) is 0 Å². The summed E-state index contributed by atoms with van der Waals surface area (Å²) in [6.45, 7) is 3.28. The number of benzene rings is 1. The quantitative estimate of drug-likeness (QED) is 0.537. The highest BCUT2D eigenvalue weighted by molar-refractivity contribution is 6.27. The van der Waals surface area contributed by atoms with Crippen molar-refractivity contribution in [3.63, 3.8) is 0 Å². The minimum absolute atomic E-state index is 0. The van der Waals surface area contributed by atoms with E-state index in [1.165, 1.54) is 12.5 Å². The Labute approximate surface area is 125 Å². The number of hydroxylamine groups is 4. The standard InChI is InChI=1S/C8H7Cl.C5H14NO3.ClH/c9-7-6-8-4-2-1-3-5-8;1-3-6(8,9)4-5(2)7;/h1-7H;5,7-9H,3-4H2,1-2H3;1H/q;+1;/p-1. The second-order valence-electron chi connectivity index (χ2n) is 3.93.